The van der Waals surface area contributed by atoms with Crippen molar-refractivity contribution in [3.8, 4) is 5.69 Å². The highest BCUT2D eigenvalue weighted by atomic mass is 35.5. The maximum absolute atomic E-state index is 14.2. The van der Waals surface area contributed by atoms with Gasteiger partial charge >= 0.3 is 0 Å². The molecule has 1 aromatic heterocycles. The van der Waals surface area contributed by atoms with E-state index in [0.29, 0.717) is 29.0 Å². The Hall–Kier alpha value is -2.14. The van der Waals surface area contributed by atoms with E-state index in [9.17, 15) is 8.78 Å². The molecule has 0 atom stereocenters. The van der Waals surface area contributed by atoms with Crippen LogP contribution in [0.1, 0.15) is 12.7 Å². The lowest BCUT2D eigenvalue weighted by atomic mass is 10.2. The Morgan fingerprint density at radius 1 is 1.24 bits per heavy atom. The molecule has 0 radical (unpaired) electrons. The molecule has 0 amide bonds. The van der Waals surface area contributed by atoms with Crippen molar-refractivity contribution in [2.45, 2.75) is 13.3 Å². The number of nitrogens with zero attached hydrogens (tertiary/aromatic N) is 2. The second-order valence-corrected chi connectivity index (χ2v) is 5.09. The molecule has 108 valence electrons. The number of aromatic nitrogens is 2. The van der Waals surface area contributed by atoms with Gasteiger partial charge in [0.25, 0.3) is 0 Å². The molecule has 3 aromatic rings. The number of anilines is 1. The SMILES string of the molecule is CCc1nc2cc(N)ccc2n1-c1c(F)cc(F)cc1Cl. The molecule has 0 fully saturated rings. The summed E-state index contributed by atoms with van der Waals surface area (Å²) in [6, 6.07) is 7.05. The van der Waals surface area contributed by atoms with Gasteiger partial charge in [0.2, 0.25) is 0 Å². The largest absolute Gasteiger partial charge is 0.399 e. The fourth-order valence-electron chi connectivity index (χ4n) is 2.38. The van der Waals surface area contributed by atoms with Gasteiger partial charge in [-0.25, -0.2) is 13.8 Å². The minimum atomic E-state index is -0.731. The van der Waals surface area contributed by atoms with Crippen LogP contribution < -0.4 is 5.73 Å². The average molecular weight is 308 g/mol. The van der Waals surface area contributed by atoms with Crippen LogP contribution in [0.25, 0.3) is 16.7 Å². The number of hydrogen-bond donors (Lipinski definition) is 1. The van der Waals surface area contributed by atoms with Gasteiger partial charge in [0.1, 0.15) is 17.3 Å². The molecule has 2 N–H and O–H groups in total. The summed E-state index contributed by atoms with van der Waals surface area (Å²) in [5.74, 6) is -0.818. The smallest absolute Gasteiger partial charge is 0.151 e. The van der Waals surface area contributed by atoms with Crippen LogP contribution in [0.2, 0.25) is 5.02 Å². The van der Waals surface area contributed by atoms with Crippen molar-refractivity contribution in [3.63, 3.8) is 0 Å². The third-order valence-corrected chi connectivity index (χ3v) is 3.56. The number of rotatable bonds is 2. The van der Waals surface area contributed by atoms with Crippen LogP contribution in [0.3, 0.4) is 0 Å². The zero-order valence-corrected chi connectivity index (χ0v) is 12.0. The molecule has 0 saturated carbocycles. The Morgan fingerprint density at radius 2 is 2.00 bits per heavy atom. The predicted octanol–water partition coefficient (Wildman–Crippen LogP) is 4.10. The molecule has 0 aliphatic carbocycles. The lowest BCUT2D eigenvalue weighted by Gasteiger charge is -2.11. The lowest BCUT2D eigenvalue weighted by molar-refractivity contribution is 0.577. The molecule has 6 heteroatoms. The van der Waals surface area contributed by atoms with E-state index in [-0.39, 0.29) is 10.7 Å². The molecule has 0 spiro atoms. The first-order chi connectivity index (χ1) is 10.0. The van der Waals surface area contributed by atoms with Gasteiger partial charge in [-0.05, 0) is 24.3 Å². The molecule has 1 heterocycles. The number of aryl methyl sites for hydroxylation is 1. The van der Waals surface area contributed by atoms with Gasteiger partial charge in [-0.1, -0.05) is 18.5 Å². The van der Waals surface area contributed by atoms with E-state index in [4.69, 9.17) is 17.3 Å². The van der Waals surface area contributed by atoms with E-state index in [1.807, 2.05) is 6.92 Å². The lowest BCUT2D eigenvalue weighted by Crippen LogP contribution is -2.04. The molecular weight excluding hydrogens is 296 g/mol. The van der Waals surface area contributed by atoms with Crippen molar-refractivity contribution in [2.75, 3.05) is 5.73 Å². The van der Waals surface area contributed by atoms with E-state index in [1.54, 1.807) is 22.8 Å². The van der Waals surface area contributed by atoms with Crippen molar-refractivity contribution in [3.05, 3.63) is 52.8 Å². The quantitative estimate of drug-likeness (QED) is 0.724. The molecule has 0 saturated heterocycles. The van der Waals surface area contributed by atoms with Crippen LogP contribution in [-0.4, -0.2) is 9.55 Å². The molecular formula is C15H12ClF2N3. The Bertz CT molecular complexity index is 819. The van der Waals surface area contributed by atoms with Crippen molar-refractivity contribution >= 4 is 28.3 Å². The molecule has 3 rings (SSSR count). The van der Waals surface area contributed by atoms with Crippen molar-refractivity contribution in [1.82, 2.24) is 9.55 Å². The highest BCUT2D eigenvalue weighted by Gasteiger charge is 2.18. The van der Waals surface area contributed by atoms with E-state index in [1.165, 1.54) is 0 Å². The second kappa shape index (κ2) is 5.00. The summed E-state index contributed by atoms with van der Waals surface area (Å²) in [6.45, 7) is 1.90. The average Bonchev–Trinajstić information content (AvgIpc) is 2.75. The number of halogens is 3. The van der Waals surface area contributed by atoms with Gasteiger partial charge < -0.3 is 5.73 Å². The Balaban J connectivity index is 2.39. The third kappa shape index (κ3) is 2.23. The predicted molar refractivity (Wildman–Crippen MR) is 79.8 cm³/mol. The fourth-order valence-corrected chi connectivity index (χ4v) is 2.66. The zero-order valence-electron chi connectivity index (χ0n) is 11.2. The van der Waals surface area contributed by atoms with Crippen LogP contribution in [0.4, 0.5) is 14.5 Å². The first-order valence-electron chi connectivity index (χ1n) is 6.43. The first kappa shape index (κ1) is 13.8. The van der Waals surface area contributed by atoms with Gasteiger partial charge in [0.05, 0.1) is 16.1 Å². The standard InChI is InChI=1S/C15H12ClF2N3/c1-2-14-20-12-7-9(19)3-4-13(12)21(14)15-10(16)5-8(17)6-11(15)18/h3-7H,2,19H2,1H3. The van der Waals surface area contributed by atoms with Crippen molar-refractivity contribution in [1.29, 1.82) is 0 Å². The maximum Gasteiger partial charge on any atom is 0.151 e. The van der Waals surface area contributed by atoms with E-state index < -0.39 is 11.6 Å². The topological polar surface area (TPSA) is 43.8 Å². The Kier molecular flexibility index (Phi) is 3.29. The Labute approximate surface area is 125 Å². The molecule has 0 aliphatic rings. The Morgan fingerprint density at radius 3 is 2.67 bits per heavy atom. The minimum absolute atomic E-state index is 0.00155. The molecule has 2 aromatic carbocycles. The van der Waals surface area contributed by atoms with E-state index >= 15 is 0 Å². The number of fused-ring (bicyclic) bond motifs is 1. The molecule has 0 unspecified atom stereocenters. The maximum atomic E-state index is 14.2. The van der Waals surface area contributed by atoms with Crippen LogP contribution in [-0.2, 0) is 6.42 Å². The summed E-state index contributed by atoms with van der Waals surface area (Å²) in [5, 5.41) is -0.00155. The third-order valence-electron chi connectivity index (χ3n) is 3.27. The summed E-state index contributed by atoms with van der Waals surface area (Å²) < 4.78 is 29.0. The van der Waals surface area contributed by atoms with E-state index in [2.05, 4.69) is 4.98 Å². The van der Waals surface area contributed by atoms with Crippen LogP contribution >= 0.6 is 11.6 Å². The van der Waals surface area contributed by atoms with Crippen molar-refractivity contribution < 1.29 is 8.78 Å². The number of hydrogen-bond acceptors (Lipinski definition) is 2. The number of benzene rings is 2. The minimum Gasteiger partial charge on any atom is -0.399 e. The van der Waals surface area contributed by atoms with Crippen molar-refractivity contribution in [2.24, 2.45) is 0 Å². The normalized spacial score (nSPS) is 11.2. The fraction of sp³-hybridized carbons (Fsp3) is 0.133. The summed E-state index contributed by atoms with van der Waals surface area (Å²) in [4.78, 5) is 4.44. The van der Waals surface area contributed by atoms with Crippen LogP contribution in [0.5, 0.6) is 0 Å². The van der Waals surface area contributed by atoms with Crippen LogP contribution in [0.15, 0.2) is 30.3 Å². The summed E-state index contributed by atoms with van der Waals surface area (Å²) in [7, 11) is 0. The summed E-state index contributed by atoms with van der Waals surface area (Å²) >= 11 is 6.03. The zero-order chi connectivity index (χ0) is 15.1. The van der Waals surface area contributed by atoms with Gasteiger partial charge in [-0.15, -0.1) is 0 Å². The van der Waals surface area contributed by atoms with Gasteiger partial charge in [0, 0.05) is 18.2 Å². The van der Waals surface area contributed by atoms with Crippen LogP contribution in [0, 0.1) is 11.6 Å². The van der Waals surface area contributed by atoms with Gasteiger partial charge in [-0.2, -0.15) is 0 Å². The molecule has 3 nitrogen and oxygen atoms in total. The molecule has 0 bridgehead atoms. The monoisotopic (exact) mass is 307 g/mol. The number of nitrogens with two attached hydrogens (primary N) is 1. The van der Waals surface area contributed by atoms with Gasteiger partial charge in [-0.3, -0.25) is 4.57 Å². The highest BCUT2D eigenvalue weighted by molar-refractivity contribution is 6.32. The number of nitrogen functional groups attached to an aromatic ring is 1. The molecule has 0 aliphatic heterocycles. The summed E-state index contributed by atoms with van der Waals surface area (Å²) in [5.41, 5.74) is 7.73. The van der Waals surface area contributed by atoms with Gasteiger partial charge in [0.15, 0.2) is 5.82 Å². The summed E-state index contributed by atoms with van der Waals surface area (Å²) in [6.07, 6.45) is 0.571. The first-order valence-corrected chi connectivity index (χ1v) is 6.81. The second-order valence-electron chi connectivity index (χ2n) is 4.68. The molecule has 21 heavy (non-hydrogen) atoms. The van der Waals surface area contributed by atoms with E-state index in [0.717, 1.165) is 12.1 Å². The number of imidazole rings is 1. The highest BCUT2D eigenvalue weighted by Crippen LogP contribution is 2.30.